The van der Waals surface area contributed by atoms with Gasteiger partial charge in [0.2, 0.25) is 0 Å². The van der Waals surface area contributed by atoms with Crippen molar-refractivity contribution >= 4 is 49.9 Å². The maximum atomic E-state index is 12.7. The summed E-state index contributed by atoms with van der Waals surface area (Å²) < 4.78 is 1.02. The molecule has 0 aliphatic carbocycles. The zero-order valence-corrected chi connectivity index (χ0v) is 15.7. The van der Waals surface area contributed by atoms with Crippen LogP contribution >= 0.6 is 22.9 Å². The zero-order chi connectivity index (χ0) is 19.0. The van der Waals surface area contributed by atoms with Gasteiger partial charge in [-0.2, -0.15) is 0 Å². The Morgan fingerprint density at radius 2 is 1.85 bits per heavy atom. The number of piperazine rings is 1. The number of halogens is 1. The molecule has 2 aromatic carbocycles. The van der Waals surface area contributed by atoms with Crippen molar-refractivity contribution in [2.45, 2.75) is 0 Å². The molecule has 0 N–H and O–H groups in total. The highest BCUT2D eigenvalue weighted by atomic mass is 35.5. The molecule has 0 saturated carbocycles. The predicted molar refractivity (Wildman–Crippen MR) is 106 cm³/mol. The second kappa shape index (κ2) is 7.13. The molecule has 3 aromatic rings. The fourth-order valence-electron chi connectivity index (χ4n) is 3.12. The number of thiazole rings is 1. The van der Waals surface area contributed by atoms with E-state index in [1.54, 1.807) is 28.4 Å². The number of amides is 1. The van der Waals surface area contributed by atoms with E-state index in [1.807, 2.05) is 18.2 Å². The number of nitro groups is 1. The number of aromatic nitrogens is 1. The quantitative estimate of drug-likeness (QED) is 0.491. The van der Waals surface area contributed by atoms with Crippen LogP contribution in [0.15, 0.2) is 42.5 Å². The molecule has 4 rings (SSSR count). The first-order valence-electron chi connectivity index (χ1n) is 8.37. The van der Waals surface area contributed by atoms with Crippen molar-refractivity contribution < 1.29 is 9.72 Å². The van der Waals surface area contributed by atoms with Gasteiger partial charge in [-0.3, -0.25) is 14.9 Å². The van der Waals surface area contributed by atoms with Gasteiger partial charge in [-0.1, -0.05) is 41.1 Å². The van der Waals surface area contributed by atoms with Crippen LogP contribution < -0.4 is 4.90 Å². The van der Waals surface area contributed by atoms with Crippen LogP contribution in [-0.4, -0.2) is 46.9 Å². The fraction of sp³-hybridized carbons (Fsp3) is 0.222. The summed E-state index contributed by atoms with van der Waals surface area (Å²) >= 11 is 7.77. The summed E-state index contributed by atoms with van der Waals surface area (Å²) in [5, 5.41) is 12.7. The van der Waals surface area contributed by atoms with Gasteiger partial charge < -0.3 is 9.80 Å². The lowest BCUT2D eigenvalue weighted by atomic mass is 10.1. The molecule has 2 heterocycles. The van der Waals surface area contributed by atoms with Gasteiger partial charge >= 0.3 is 0 Å². The first-order valence-corrected chi connectivity index (χ1v) is 9.57. The van der Waals surface area contributed by atoms with Crippen molar-refractivity contribution in [3.05, 3.63) is 63.2 Å². The van der Waals surface area contributed by atoms with E-state index in [0.717, 1.165) is 15.3 Å². The lowest BCUT2D eigenvalue weighted by Crippen LogP contribution is -2.48. The Hall–Kier alpha value is -2.71. The van der Waals surface area contributed by atoms with Crippen LogP contribution in [0.5, 0.6) is 0 Å². The summed E-state index contributed by atoms with van der Waals surface area (Å²) in [6, 6.07) is 11.8. The minimum Gasteiger partial charge on any atom is -0.345 e. The fourth-order valence-corrected chi connectivity index (χ4v) is 4.44. The molecule has 27 heavy (non-hydrogen) atoms. The number of nitrogens with zero attached hydrogens (tertiary/aromatic N) is 4. The molecule has 1 aliphatic rings. The summed E-state index contributed by atoms with van der Waals surface area (Å²) in [6.07, 6.45) is 0. The second-order valence-corrected chi connectivity index (χ2v) is 7.55. The molecule has 1 amide bonds. The van der Waals surface area contributed by atoms with E-state index in [-0.39, 0.29) is 17.2 Å². The third kappa shape index (κ3) is 3.33. The van der Waals surface area contributed by atoms with Gasteiger partial charge in [0, 0.05) is 32.2 Å². The van der Waals surface area contributed by atoms with Crippen LogP contribution in [0, 0.1) is 10.1 Å². The van der Waals surface area contributed by atoms with E-state index in [1.165, 1.54) is 12.1 Å². The Labute approximate surface area is 163 Å². The first kappa shape index (κ1) is 17.7. The van der Waals surface area contributed by atoms with Crippen LogP contribution in [0.25, 0.3) is 10.2 Å². The molecule has 1 aromatic heterocycles. The average molecular weight is 403 g/mol. The number of carbonyl (C=O) groups excluding carboxylic acids is 1. The van der Waals surface area contributed by atoms with E-state index < -0.39 is 4.92 Å². The summed E-state index contributed by atoms with van der Waals surface area (Å²) in [7, 11) is 0. The van der Waals surface area contributed by atoms with Crippen molar-refractivity contribution in [2.75, 3.05) is 31.1 Å². The maximum absolute atomic E-state index is 12.7. The van der Waals surface area contributed by atoms with Crippen LogP contribution in [-0.2, 0) is 0 Å². The molecule has 0 unspecified atom stereocenters. The summed E-state index contributed by atoms with van der Waals surface area (Å²) in [5.41, 5.74) is 0.756. The molecule has 9 heteroatoms. The van der Waals surface area contributed by atoms with Gasteiger partial charge in [0.1, 0.15) is 11.1 Å². The van der Waals surface area contributed by atoms with Crippen molar-refractivity contribution in [2.24, 2.45) is 0 Å². The Kier molecular flexibility index (Phi) is 4.67. The Balaban J connectivity index is 1.49. The zero-order valence-electron chi connectivity index (χ0n) is 14.2. The third-order valence-electron chi connectivity index (χ3n) is 4.53. The molecule has 1 aliphatic heterocycles. The molecule has 0 bridgehead atoms. The number of anilines is 1. The van der Waals surface area contributed by atoms with Crippen molar-refractivity contribution in [1.82, 2.24) is 9.88 Å². The monoisotopic (exact) mass is 402 g/mol. The van der Waals surface area contributed by atoms with Gasteiger partial charge in [-0.25, -0.2) is 4.98 Å². The highest BCUT2D eigenvalue weighted by molar-refractivity contribution is 7.22. The number of hydrogen-bond acceptors (Lipinski definition) is 6. The summed E-state index contributed by atoms with van der Waals surface area (Å²) in [6.45, 7) is 2.19. The smallest absolute Gasteiger partial charge is 0.282 e. The van der Waals surface area contributed by atoms with Crippen LogP contribution in [0.1, 0.15) is 10.4 Å². The standard InChI is InChI=1S/C18H15ClN4O3S/c19-13-5-3-7-15-16(13)20-18(27-15)22-10-8-21(9-11-22)17(24)12-4-1-2-6-14(12)23(25)26/h1-7H,8-11H2. The van der Waals surface area contributed by atoms with E-state index in [0.29, 0.717) is 31.2 Å². The average Bonchev–Trinajstić information content (AvgIpc) is 3.13. The Morgan fingerprint density at radius 1 is 1.11 bits per heavy atom. The number of fused-ring (bicyclic) bond motifs is 1. The van der Waals surface area contributed by atoms with Gasteiger partial charge in [0.25, 0.3) is 11.6 Å². The van der Waals surface area contributed by atoms with E-state index in [2.05, 4.69) is 9.88 Å². The number of rotatable bonds is 3. The van der Waals surface area contributed by atoms with Crippen LogP contribution in [0.4, 0.5) is 10.8 Å². The predicted octanol–water partition coefficient (Wildman–Crippen LogP) is 3.82. The second-order valence-electron chi connectivity index (χ2n) is 6.14. The number of nitro benzene ring substituents is 1. The highest BCUT2D eigenvalue weighted by Gasteiger charge is 2.28. The lowest BCUT2D eigenvalue weighted by molar-refractivity contribution is -0.385. The Bertz CT molecular complexity index is 1030. The summed E-state index contributed by atoms with van der Waals surface area (Å²) in [4.78, 5) is 31.8. The molecule has 0 atom stereocenters. The molecule has 1 fully saturated rings. The molecule has 0 spiro atoms. The summed E-state index contributed by atoms with van der Waals surface area (Å²) in [5.74, 6) is -0.311. The first-order chi connectivity index (χ1) is 13.0. The molecule has 1 saturated heterocycles. The van der Waals surface area contributed by atoms with Crippen LogP contribution in [0.3, 0.4) is 0 Å². The molecule has 138 valence electrons. The molecular weight excluding hydrogens is 388 g/mol. The van der Waals surface area contributed by atoms with Crippen molar-refractivity contribution in [3.8, 4) is 0 Å². The number of carbonyl (C=O) groups is 1. The molecule has 7 nitrogen and oxygen atoms in total. The van der Waals surface area contributed by atoms with Crippen LogP contribution in [0.2, 0.25) is 5.02 Å². The van der Waals surface area contributed by atoms with Gasteiger partial charge in [0.15, 0.2) is 5.13 Å². The Morgan fingerprint density at radius 3 is 2.56 bits per heavy atom. The maximum Gasteiger partial charge on any atom is 0.282 e. The minimum atomic E-state index is -0.519. The van der Waals surface area contributed by atoms with Crippen molar-refractivity contribution in [3.63, 3.8) is 0 Å². The van der Waals surface area contributed by atoms with Gasteiger partial charge in [0.05, 0.1) is 14.6 Å². The third-order valence-corrected chi connectivity index (χ3v) is 5.91. The van der Waals surface area contributed by atoms with Crippen molar-refractivity contribution in [1.29, 1.82) is 0 Å². The minimum absolute atomic E-state index is 0.128. The normalized spacial score (nSPS) is 14.6. The highest BCUT2D eigenvalue weighted by Crippen LogP contribution is 2.33. The number of hydrogen-bond donors (Lipinski definition) is 0. The largest absolute Gasteiger partial charge is 0.345 e. The molecule has 0 radical (unpaired) electrons. The molecular formula is C18H15ClN4O3S. The lowest BCUT2D eigenvalue weighted by Gasteiger charge is -2.34. The number of benzene rings is 2. The number of para-hydroxylation sites is 2. The van der Waals surface area contributed by atoms with Gasteiger partial charge in [-0.05, 0) is 18.2 Å². The topological polar surface area (TPSA) is 79.6 Å². The van der Waals surface area contributed by atoms with Gasteiger partial charge in [-0.15, -0.1) is 0 Å². The van der Waals surface area contributed by atoms with E-state index in [4.69, 9.17) is 11.6 Å². The van der Waals surface area contributed by atoms with E-state index >= 15 is 0 Å². The van der Waals surface area contributed by atoms with E-state index in [9.17, 15) is 14.9 Å². The SMILES string of the molecule is O=C(c1ccccc1[N+](=O)[O-])N1CCN(c2nc3c(Cl)cccc3s2)CC1.